The lowest BCUT2D eigenvalue weighted by atomic mass is 10.0. The van der Waals surface area contributed by atoms with Gasteiger partial charge in [-0.25, -0.2) is 13.5 Å². The van der Waals surface area contributed by atoms with Gasteiger partial charge in [-0.05, 0) is 48.4 Å². The molecule has 0 aliphatic carbocycles. The van der Waals surface area contributed by atoms with Gasteiger partial charge in [-0.2, -0.15) is 5.10 Å². The number of hydrogen-bond donors (Lipinski definition) is 3. The molecule has 2 aromatic carbocycles. The Balaban J connectivity index is 1.71. The van der Waals surface area contributed by atoms with Gasteiger partial charge in [0, 0.05) is 18.9 Å². The van der Waals surface area contributed by atoms with Gasteiger partial charge in [0.05, 0.1) is 5.69 Å². The Hall–Kier alpha value is -4.08. The summed E-state index contributed by atoms with van der Waals surface area (Å²) in [6, 6.07) is 10.3. The minimum atomic E-state index is -1.03. The number of nitrogens with one attached hydrogen (secondary N) is 3. The summed E-state index contributed by atoms with van der Waals surface area (Å²) < 4.78 is 29.3. The maximum Gasteiger partial charge on any atom is 0.271 e. The number of amides is 3. The van der Waals surface area contributed by atoms with Crippen LogP contribution in [0.5, 0.6) is 0 Å². The number of hydrogen-bond acceptors (Lipinski definition) is 4. The zero-order chi connectivity index (χ0) is 24.1. The second-order valence-electron chi connectivity index (χ2n) is 7.55. The van der Waals surface area contributed by atoms with Crippen molar-refractivity contribution in [1.29, 1.82) is 0 Å². The van der Waals surface area contributed by atoms with Crippen molar-refractivity contribution in [3.8, 4) is 5.69 Å². The third kappa shape index (κ3) is 5.40. The van der Waals surface area contributed by atoms with Gasteiger partial charge in [-0.3, -0.25) is 14.4 Å². The predicted molar refractivity (Wildman–Crippen MR) is 118 cm³/mol. The maximum absolute atomic E-state index is 13.9. The lowest BCUT2D eigenvalue weighted by Gasteiger charge is -2.22. The van der Waals surface area contributed by atoms with Gasteiger partial charge in [0.15, 0.2) is 5.69 Å². The van der Waals surface area contributed by atoms with Crippen LogP contribution < -0.4 is 16.0 Å². The second-order valence-corrected chi connectivity index (χ2v) is 7.55. The molecule has 0 unspecified atom stereocenters. The van der Waals surface area contributed by atoms with Crippen molar-refractivity contribution in [2.45, 2.75) is 19.9 Å². The second kappa shape index (κ2) is 10.0. The third-order valence-electron chi connectivity index (χ3n) is 4.87. The van der Waals surface area contributed by atoms with Gasteiger partial charge in [0.25, 0.3) is 11.8 Å². The molecule has 3 rings (SSSR count). The molecule has 0 saturated carbocycles. The minimum absolute atomic E-state index is 0.261. The molecule has 0 spiro atoms. The first-order valence-corrected chi connectivity index (χ1v) is 10.1. The highest BCUT2D eigenvalue weighted by Gasteiger charge is 2.27. The Morgan fingerprint density at radius 2 is 1.58 bits per heavy atom. The summed E-state index contributed by atoms with van der Waals surface area (Å²) in [7, 11) is 1.51. The average molecular weight is 455 g/mol. The summed E-state index contributed by atoms with van der Waals surface area (Å²) in [5, 5.41) is 11.8. The van der Waals surface area contributed by atoms with Gasteiger partial charge >= 0.3 is 0 Å². The smallest absolute Gasteiger partial charge is 0.271 e. The van der Waals surface area contributed by atoms with Crippen LogP contribution in [0.3, 0.4) is 0 Å². The van der Waals surface area contributed by atoms with Gasteiger partial charge < -0.3 is 16.0 Å². The molecule has 3 N–H and O–H groups in total. The van der Waals surface area contributed by atoms with Crippen LogP contribution in [0.15, 0.2) is 54.7 Å². The Bertz CT molecular complexity index is 1150. The van der Waals surface area contributed by atoms with E-state index in [1.165, 1.54) is 11.7 Å². The number of benzene rings is 2. The molecular weight excluding hydrogens is 432 g/mol. The molecule has 10 heteroatoms. The van der Waals surface area contributed by atoms with Crippen LogP contribution in [-0.2, 0) is 4.79 Å². The fourth-order valence-electron chi connectivity index (χ4n) is 3.10. The molecule has 33 heavy (non-hydrogen) atoms. The van der Waals surface area contributed by atoms with Crippen LogP contribution in [-0.4, -0.2) is 40.6 Å². The molecule has 0 radical (unpaired) electrons. The lowest BCUT2D eigenvalue weighted by molar-refractivity contribution is -0.118. The number of anilines is 1. The molecule has 1 heterocycles. The number of nitrogens with zero attached hydrogens (tertiary/aromatic N) is 2. The first kappa shape index (κ1) is 23.6. The van der Waals surface area contributed by atoms with Crippen LogP contribution >= 0.6 is 0 Å². The third-order valence-corrected chi connectivity index (χ3v) is 4.87. The van der Waals surface area contributed by atoms with Crippen LogP contribution in [0.1, 0.15) is 34.7 Å². The summed E-state index contributed by atoms with van der Waals surface area (Å²) in [5.74, 6) is -4.23. The normalized spacial score (nSPS) is 11.7. The van der Waals surface area contributed by atoms with Crippen LogP contribution in [0, 0.1) is 17.6 Å². The Labute approximate surface area is 189 Å². The Morgan fingerprint density at radius 1 is 0.939 bits per heavy atom. The molecule has 8 nitrogen and oxygen atoms in total. The first-order valence-electron chi connectivity index (χ1n) is 10.1. The maximum atomic E-state index is 13.9. The van der Waals surface area contributed by atoms with Crippen molar-refractivity contribution in [3.05, 3.63) is 77.6 Å². The molecule has 0 fully saturated rings. The van der Waals surface area contributed by atoms with E-state index in [2.05, 4.69) is 21.0 Å². The molecule has 3 aromatic rings. The summed E-state index contributed by atoms with van der Waals surface area (Å²) in [4.78, 5) is 36.9. The summed E-state index contributed by atoms with van der Waals surface area (Å²) in [5.41, 5.74) is 0.624. The van der Waals surface area contributed by atoms with Crippen molar-refractivity contribution < 1.29 is 23.2 Å². The average Bonchev–Trinajstić information content (AvgIpc) is 3.27. The summed E-state index contributed by atoms with van der Waals surface area (Å²) in [6.45, 7) is 3.40. The highest BCUT2D eigenvalue weighted by molar-refractivity contribution is 6.01. The van der Waals surface area contributed by atoms with Crippen molar-refractivity contribution in [3.63, 3.8) is 0 Å². The lowest BCUT2D eigenvalue weighted by Crippen LogP contribution is -2.47. The number of carbonyl (C=O) groups is 3. The summed E-state index contributed by atoms with van der Waals surface area (Å²) >= 11 is 0. The molecule has 0 aliphatic rings. The highest BCUT2D eigenvalue weighted by atomic mass is 19.1. The van der Waals surface area contributed by atoms with Gasteiger partial charge in [0.1, 0.15) is 23.2 Å². The number of halogens is 2. The summed E-state index contributed by atoms with van der Waals surface area (Å²) in [6.07, 6.45) is 1.63. The van der Waals surface area contributed by atoms with Crippen molar-refractivity contribution in [2.75, 3.05) is 12.4 Å². The number of aromatic nitrogens is 2. The molecule has 0 saturated heterocycles. The van der Waals surface area contributed by atoms with E-state index in [-0.39, 0.29) is 17.5 Å². The minimum Gasteiger partial charge on any atom is -0.354 e. The zero-order valence-corrected chi connectivity index (χ0v) is 18.2. The fraction of sp³-hybridized carbons (Fsp3) is 0.217. The number of carbonyl (C=O) groups excluding carboxylic acids is 3. The molecule has 1 atom stereocenters. The largest absolute Gasteiger partial charge is 0.354 e. The first-order chi connectivity index (χ1) is 15.7. The Morgan fingerprint density at radius 3 is 2.15 bits per heavy atom. The molecule has 0 aliphatic heterocycles. The predicted octanol–water partition coefficient (Wildman–Crippen LogP) is 2.90. The van der Waals surface area contributed by atoms with E-state index in [0.29, 0.717) is 11.4 Å². The molecule has 0 bridgehead atoms. The molecule has 172 valence electrons. The van der Waals surface area contributed by atoms with E-state index in [1.54, 1.807) is 50.4 Å². The van der Waals surface area contributed by atoms with Gasteiger partial charge in [0.2, 0.25) is 5.91 Å². The van der Waals surface area contributed by atoms with Crippen molar-refractivity contribution >= 4 is 23.4 Å². The SMILES string of the molecule is CNC(=O)c1ccn(-c2ccc(NC(=O)[C@H](NC(=O)c3c(F)cccc3F)C(C)C)cc2)n1. The van der Waals surface area contributed by atoms with Crippen molar-refractivity contribution in [1.82, 2.24) is 20.4 Å². The molecule has 3 amide bonds. The topological polar surface area (TPSA) is 105 Å². The quantitative estimate of drug-likeness (QED) is 0.510. The van der Waals surface area contributed by atoms with Crippen LogP contribution in [0.2, 0.25) is 0 Å². The van der Waals surface area contributed by atoms with E-state index in [9.17, 15) is 23.2 Å². The van der Waals surface area contributed by atoms with Crippen molar-refractivity contribution in [2.24, 2.45) is 5.92 Å². The van der Waals surface area contributed by atoms with E-state index < -0.39 is 35.1 Å². The van der Waals surface area contributed by atoms with E-state index in [0.717, 1.165) is 18.2 Å². The fourth-order valence-corrected chi connectivity index (χ4v) is 3.10. The van der Waals surface area contributed by atoms with Crippen LogP contribution in [0.25, 0.3) is 5.69 Å². The monoisotopic (exact) mass is 455 g/mol. The van der Waals surface area contributed by atoms with Gasteiger partial charge in [-0.15, -0.1) is 0 Å². The zero-order valence-electron chi connectivity index (χ0n) is 18.2. The molecular formula is C23H23F2N5O3. The molecule has 1 aromatic heterocycles. The van der Waals surface area contributed by atoms with Crippen LogP contribution in [0.4, 0.5) is 14.5 Å². The van der Waals surface area contributed by atoms with Gasteiger partial charge in [-0.1, -0.05) is 19.9 Å². The highest BCUT2D eigenvalue weighted by Crippen LogP contribution is 2.16. The Kier molecular flexibility index (Phi) is 7.17. The number of rotatable bonds is 7. The van der Waals surface area contributed by atoms with E-state index in [4.69, 9.17) is 0 Å². The van der Waals surface area contributed by atoms with E-state index >= 15 is 0 Å². The van der Waals surface area contributed by atoms with E-state index in [1.807, 2.05) is 0 Å². The standard InChI is InChI=1S/C23H23F2N5O3/c1-13(2)20(28-22(32)19-16(24)5-4-6-17(19)25)23(33)27-14-7-9-15(10-8-14)30-12-11-18(29-30)21(31)26-3/h4-13,20H,1-3H3,(H,26,31)(H,27,33)(H,28,32)/t20-/m1/s1.